The molecule has 0 saturated carbocycles. The standard InChI is InChI=1S/C24H35N3O3/c1-4-6-13-25(5-2)23(29)19-11-14-26(15-12-19)24(30)20-16-22(28)27(17-20)21-9-7-18(3)8-10-21/h7-10,19-20H,4-6,11-17H2,1-3H3/t20-/m0/s1. The van der Waals surface area contributed by atoms with E-state index in [1.165, 1.54) is 0 Å². The van der Waals surface area contributed by atoms with Crippen molar-refractivity contribution in [3.8, 4) is 0 Å². The number of hydrogen-bond acceptors (Lipinski definition) is 3. The van der Waals surface area contributed by atoms with E-state index in [0.29, 0.717) is 19.6 Å². The van der Waals surface area contributed by atoms with Crippen LogP contribution < -0.4 is 4.90 Å². The number of benzene rings is 1. The van der Waals surface area contributed by atoms with Crippen LogP contribution >= 0.6 is 0 Å². The second kappa shape index (κ2) is 10.1. The maximum atomic E-state index is 13.0. The fourth-order valence-electron chi connectivity index (χ4n) is 4.48. The predicted molar refractivity (Wildman–Crippen MR) is 118 cm³/mol. The van der Waals surface area contributed by atoms with Gasteiger partial charge in [-0.2, -0.15) is 0 Å². The summed E-state index contributed by atoms with van der Waals surface area (Å²) in [7, 11) is 0. The lowest BCUT2D eigenvalue weighted by Gasteiger charge is -2.35. The minimum absolute atomic E-state index is 0.0109. The monoisotopic (exact) mass is 413 g/mol. The van der Waals surface area contributed by atoms with Crippen molar-refractivity contribution in [2.75, 3.05) is 37.6 Å². The Kier molecular flexibility index (Phi) is 7.51. The minimum Gasteiger partial charge on any atom is -0.343 e. The van der Waals surface area contributed by atoms with Crippen molar-refractivity contribution in [2.24, 2.45) is 11.8 Å². The average Bonchev–Trinajstić information content (AvgIpc) is 3.16. The lowest BCUT2D eigenvalue weighted by Crippen LogP contribution is -2.46. The molecule has 6 nitrogen and oxygen atoms in total. The molecule has 1 aromatic carbocycles. The SMILES string of the molecule is CCCCN(CC)C(=O)C1CCN(C(=O)[C@H]2CC(=O)N(c3ccc(C)cc3)C2)CC1. The zero-order valence-corrected chi connectivity index (χ0v) is 18.6. The van der Waals surface area contributed by atoms with E-state index in [1.54, 1.807) is 4.90 Å². The van der Waals surface area contributed by atoms with E-state index < -0.39 is 0 Å². The number of carbonyl (C=O) groups is 3. The summed E-state index contributed by atoms with van der Waals surface area (Å²) in [5, 5.41) is 0. The molecule has 30 heavy (non-hydrogen) atoms. The molecule has 2 saturated heterocycles. The van der Waals surface area contributed by atoms with Gasteiger partial charge >= 0.3 is 0 Å². The molecule has 1 aromatic rings. The zero-order valence-electron chi connectivity index (χ0n) is 18.6. The molecule has 0 spiro atoms. The maximum Gasteiger partial charge on any atom is 0.228 e. The quantitative estimate of drug-likeness (QED) is 0.689. The highest BCUT2D eigenvalue weighted by Gasteiger charge is 2.39. The van der Waals surface area contributed by atoms with Crippen molar-refractivity contribution >= 4 is 23.4 Å². The van der Waals surface area contributed by atoms with Crippen molar-refractivity contribution < 1.29 is 14.4 Å². The van der Waals surface area contributed by atoms with Gasteiger partial charge in [0.05, 0.1) is 5.92 Å². The molecule has 164 valence electrons. The predicted octanol–water partition coefficient (Wildman–Crippen LogP) is 3.24. The summed E-state index contributed by atoms with van der Waals surface area (Å²) in [6, 6.07) is 7.85. The van der Waals surface area contributed by atoms with E-state index in [2.05, 4.69) is 6.92 Å². The molecule has 0 N–H and O–H groups in total. The Bertz CT molecular complexity index is 753. The average molecular weight is 414 g/mol. The summed E-state index contributed by atoms with van der Waals surface area (Å²) in [6.07, 6.45) is 3.82. The summed E-state index contributed by atoms with van der Waals surface area (Å²) in [5.41, 5.74) is 2.00. The second-order valence-corrected chi connectivity index (χ2v) is 8.61. The van der Waals surface area contributed by atoms with Crippen LogP contribution in [0.2, 0.25) is 0 Å². The molecule has 6 heteroatoms. The first-order valence-electron chi connectivity index (χ1n) is 11.4. The molecule has 0 aromatic heterocycles. The number of aryl methyl sites for hydroxylation is 1. The van der Waals surface area contributed by atoms with E-state index in [4.69, 9.17) is 0 Å². The largest absolute Gasteiger partial charge is 0.343 e. The molecule has 3 amide bonds. The van der Waals surface area contributed by atoms with E-state index in [9.17, 15) is 14.4 Å². The fraction of sp³-hybridized carbons (Fsp3) is 0.625. The highest BCUT2D eigenvalue weighted by molar-refractivity contribution is 6.00. The number of piperidine rings is 1. The fourth-order valence-corrected chi connectivity index (χ4v) is 4.48. The van der Waals surface area contributed by atoms with Crippen LogP contribution in [-0.2, 0) is 14.4 Å². The van der Waals surface area contributed by atoms with Crippen LogP contribution in [0.1, 0.15) is 51.5 Å². The van der Waals surface area contributed by atoms with Gasteiger partial charge in [0.15, 0.2) is 0 Å². The number of anilines is 1. The summed E-state index contributed by atoms with van der Waals surface area (Å²) in [6.45, 7) is 9.41. The van der Waals surface area contributed by atoms with Crippen molar-refractivity contribution in [2.45, 2.75) is 52.9 Å². The zero-order chi connectivity index (χ0) is 21.7. The van der Waals surface area contributed by atoms with Crippen LogP contribution in [0.25, 0.3) is 0 Å². The third-order valence-electron chi connectivity index (χ3n) is 6.45. The molecular formula is C24H35N3O3. The number of carbonyl (C=O) groups excluding carboxylic acids is 3. The van der Waals surface area contributed by atoms with Crippen LogP contribution in [0.3, 0.4) is 0 Å². The van der Waals surface area contributed by atoms with E-state index in [1.807, 2.05) is 47.9 Å². The van der Waals surface area contributed by atoms with Crippen LogP contribution in [0, 0.1) is 18.8 Å². The number of nitrogens with zero attached hydrogens (tertiary/aromatic N) is 3. The Morgan fingerprint density at radius 1 is 1.07 bits per heavy atom. The first-order chi connectivity index (χ1) is 14.4. The Morgan fingerprint density at radius 3 is 2.33 bits per heavy atom. The smallest absolute Gasteiger partial charge is 0.228 e. The van der Waals surface area contributed by atoms with Gasteiger partial charge < -0.3 is 14.7 Å². The summed E-state index contributed by atoms with van der Waals surface area (Å²) in [4.78, 5) is 43.9. The topological polar surface area (TPSA) is 60.9 Å². The third kappa shape index (κ3) is 5.02. The van der Waals surface area contributed by atoms with Gasteiger partial charge in [-0.15, -0.1) is 0 Å². The third-order valence-corrected chi connectivity index (χ3v) is 6.45. The van der Waals surface area contributed by atoms with E-state index in [-0.39, 0.29) is 36.0 Å². The van der Waals surface area contributed by atoms with Crippen LogP contribution in [-0.4, -0.2) is 60.2 Å². The van der Waals surface area contributed by atoms with Gasteiger partial charge in [0, 0.05) is 50.7 Å². The van der Waals surface area contributed by atoms with Crippen molar-refractivity contribution in [1.82, 2.24) is 9.80 Å². The summed E-state index contributed by atoms with van der Waals surface area (Å²) in [5.74, 6) is 0.0291. The second-order valence-electron chi connectivity index (χ2n) is 8.61. The first kappa shape index (κ1) is 22.3. The van der Waals surface area contributed by atoms with Crippen molar-refractivity contribution in [1.29, 1.82) is 0 Å². The van der Waals surface area contributed by atoms with E-state index in [0.717, 1.165) is 50.0 Å². The minimum atomic E-state index is -0.289. The normalized spacial score (nSPS) is 20.0. The molecular weight excluding hydrogens is 378 g/mol. The molecule has 0 bridgehead atoms. The van der Waals surface area contributed by atoms with Gasteiger partial charge in [0.2, 0.25) is 17.7 Å². The number of amides is 3. The molecule has 2 aliphatic heterocycles. The lowest BCUT2D eigenvalue weighted by atomic mass is 9.94. The molecule has 0 unspecified atom stereocenters. The molecule has 2 heterocycles. The Morgan fingerprint density at radius 2 is 1.73 bits per heavy atom. The van der Waals surface area contributed by atoms with Gasteiger partial charge in [0.25, 0.3) is 0 Å². The molecule has 2 fully saturated rings. The van der Waals surface area contributed by atoms with Gasteiger partial charge in [-0.25, -0.2) is 0 Å². The van der Waals surface area contributed by atoms with Crippen molar-refractivity contribution in [3.05, 3.63) is 29.8 Å². The first-order valence-corrected chi connectivity index (χ1v) is 11.4. The molecule has 2 aliphatic rings. The van der Waals surface area contributed by atoms with Gasteiger partial charge in [-0.3, -0.25) is 14.4 Å². The van der Waals surface area contributed by atoms with Crippen LogP contribution in [0.5, 0.6) is 0 Å². The van der Waals surface area contributed by atoms with E-state index >= 15 is 0 Å². The lowest BCUT2D eigenvalue weighted by molar-refractivity contribution is -0.142. The number of unbranched alkanes of at least 4 members (excludes halogenated alkanes) is 1. The molecule has 3 rings (SSSR count). The van der Waals surface area contributed by atoms with Gasteiger partial charge in [-0.05, 0) is 45.2 Å². The Balaban J connectivity index is 1.53. The van der Waals surface area contributed by atoms with Gasteiger partial charge in [0.1, 0.15) is 0 Å². The number of likely N-dealkylation sites (tertiary alicyclic amines) is 1. The summed E-state index contributed by atoms with van der Waals surface area (Å²) < 4.78 is 0. The highest BCUT2D eigenvalue weighted by atomic mass is 16.2. The maximum absolute atomic E-state index is 13.0. The van der Waals surface area contributed by atoms with Crippen molar-refractivity contribution in [3.63, 3.8) is 0 Å². The van der Waals surface area contributed by atoms with Crippen LogP contribution in [0.15, 0.2) is 24.3 Å². The molecule has 0 aliphatic carbocycles. The Labute approximate surface area is 180 Å². The number of hydrogen-bond donors (Lipinski definition) is 0. The summed E-state index contributed by atoms with van der Waals surface area (Å²) >= 11 is 0. The molecule has 1 atom stereocenters. The highest BCUT2D eigenvalue weighted by Crippen LogP contribution is 2.28. The van der Waals surface area contributed by atoms with Gasteiger partial charge in [-0.1, -0.05) is 31.0 Å². The van der Waals surface area contributed by atoms with Crippen LogP contribution in [0.4, 0.5) is 5.69 Å². The number of rotatable bonds is 7. The Hall–Kier alpha value is -2.37. The molecule has 0 radical (unpaired) electrons.